The fraction of sp³-hybridized carbons (Fsp3) is 0.158. The average Bonchev–Trinajstić information content (AvgIpc) is 2.93. The van der Waals surface area contributed by atoms with E-state index in [1.165, 1.54) is 12.1 Å². The van der Waals surface area contributed by atoms with Gasteiger partial charge >= 0.3 is 0 Å². The molecule has 0 fully saturated rings. The van der Waals surface area contributed by atoms with Crippen LogP contribution >= 0.6 is 0 Å². The first-order valence-corrected chi connectivity index (χ1v) is 7.81. The third-order valence-electron chi connectivity index (χ3n) is 3.82. The molecule has 24 heavy (non-hydrogen) atoms. The van der Waals surface area contributed by atoms with Gasteiger partial charge in [-0.15, -0.1) is 0 Å². The monoisotopic (exact) mass is 323 g/mol. The van der Waals surface area contributed by atoms with E-state index in [-0.39, 0.29) is 11.6 Å². The number of hydrogen-bond acceptors (Lipinski definition) is 3. The molecule has 1 N–H and O–H groups in total. The van der Waals surface area contributed by atoms with Crippen molar-refractivity contribution in [1.82, 2.24) is 9.78 Å². The van der Waals surface area contributed by atoms with Crippen LogP contribution in [0.15, 0.2) is 54.6 Å². The van der Waals surface area contributed by atoms with E-state index in [0.29, 0.717) is 23.5 Å². The van der Waals surface area contributed by atoms with Gasteiger partial charge in [-0.2, -0.15) is 5.10 Å². The molecule has 1 heterocycles. The third-order valence-corrected chi connectivity index (χ3v) is 3.82. The highest BCUT2D eigenvalue weighted by Gasteiger charge is 2.20. The lowest BCUT2D eigenvalue weighted by molar-refractivity contribution is 0.0984. The van der Waals surface area contributed by atoms with Crippen LogP contribution in [0.2, 0.25) is 0 Å². The Morgan fingerprint density at radius 2 is 1.79 bits per heavy atom. The van der Waals surface area contributed by atoms with E-state index in [1.54, 1.807) is 23.7 Å². The predicted molar refractivity (Wildman–Crippen MR) is 92.6 cm³/mol. The molecule has 0 atom stereocenters. The van der Waals surface area contributed by atoms with Crippen LogP contribution < -0.4 is 5.32 Å². The number of halogens is 1. The standard InChI is InChI=1S/C19H18FN3O/c1-3-17(24)19-18(21-15-7-5-4-6-8-15)13(2)23(22-19)16-11-9-14(20)10-12-16/h4-12,21H,3H2,1-2H3. The van der Waals surface area contributed by atoms with Crippen LogP contribution in [0.4, 0.5) is 15.8 Å². The molecule has 1 aromatic heterocycles. The van der Waals surface area contributed by atoms with E-state index in [0.717, 1.165) is 11.4 Å². The number of para-hydroxylation sites is 1. The zero-order valence-corrected chi connectivity index (χ0v) is 13.6. The minimum atomic E-state index is -0.309. The van der Waals surface area contributed by atoms with Crippen molar-refractivity contribution in [2.75, 3.05) is 5.32 Å². The summed E-state index contributed by atoms with van der Waals surface area (Å²) in [5.41, 5.74) is 3.45. The fourth-order valence-corrected chi connectivity index (χ4v) is 2.51. The van der Waals surface area contributed by atoms with Gasteiger partial charge in [0.25, 0.3) is 0 Å². The van der Waals surface area contributed by atoms with Crippen LogP contribution in [0.5, 0.6) is 0 Å². The van der Waals surface area contributed by atoms with Crippen LogP contribution in [0.3, 0.4) is 0 Å². The number of Topliss-reactive ketones (excluding diaryl/α,β-unsaturated/α-hetero) is 1. The number of carbonyl (C=O) groups excluding carboxylic acids is 1. The smallest absolute Gasteiger partial charge is 0.184 e. The summed E-state index contributed by atoms with van der Waals surface area (Å²) in [6.07, 6.45) is 0.364. The molecule has 0 radical (unpaired) electrons. The van der Waals surface area contributed by atoms with Gasteiger partial charge in [-0.1, -0.05) is 25.1 Å². The molecule has 0 amide bonds. The lowest BCUT2D eigenvalue weighted by Gasteiger charge is -2.08. The molecular formula is C19H18FN3O. The first-order chi connectivity index (χ1) is 11.6. The first-order valence-electron chi connectivity index (χ1n) is 7.81. The second kappa shape index (κ2) is 6.66. The SMILES string of the molecule is CCC(=O)c1nn(-c2ccc(F)cc2)c(C)c1Nc1ccccc1. The zero-order chi connectivity index (χ0) is 17.1. The van der Waals surface area contributed by atoms with Gasteiger partial charge < -0.3 is 5.32 Å². The maximum Gasteiger partial charge on any atom is 0.184 e. The largest absolute Gasteiger partial charge is 0.352 e. The van der Waals surface area contributed by atoms with Crippen molar-refractivity contribution >= 4 is 17.2 Å². The lowest BCUT2D eigenvalue weighted by Crippen LogP contribution is -2.03. The maximum absolute atomic E-state index is 13.2. The Morgan fingerprint density at radius 3 is 2.42 bits per heavy atom. The highest BCUT2D eigenvalue weighted by Crippen LogP contribution is 2.28. The molecule has 0 saturated carbocycles. The van der Waals surface area contributed by atoms with Crippen molar-refractivity contribution in [3.8, 4) is 5.69 Å². The van der Waals surface area contributed by atoms with Crippen LogP contribution in [0, 0.1) is 12.7 Å². The van der Waals surface area contributed by atoms with Crippen molar-refractivity contribution in [3.63, 3.8) is 0 Å². The Kier molecular flexibility index (Phi) is 4.42. The number of carbonyl (C=O) groups is 1. The van der Waals surface area contributed by atoms with Gasteiger partial charge in [-0.05, 0) is 43.3 Å². The minimum absolute atomic E-state index is 0.0441. The minimum Gasteiger partial charge on any atom is -0.352 e. The number of aromatic nitrogens is 2. The summed E-state index contributed by atoms with van der Waals surface area (Å²) in [5.74, 6) is -0.353. The molecule has 0 aliphatic carbocycles. The molecule has 0 bridgehead atoms. The summed E-state index contributed by atoms with van der Waals surface area (Å²) in [4.78, 5) is 12.3. The number of ketones is 1. The molecule has 122 valence electrons. The van der Waals surface area contributed by atoms with Gasteiger partial charge in [0.2, 0.25) is 0 Å². The van der Waals surface area contributed by atoms with Gasteiger partial charge in [0.1, 0.15) is 5.82 Å². The van der Waals surface area contributed by atoms with E-state index < -0.39 is 0 Å². The zero-order valence-electron chi connectivity index (χ0n) is 13.6. The third kappa shape index (κ3) is 3.06. The highest BCUT2D eigenvalue weighted by molar-refractivity contribution is 6.00. The van der Waals surface area contributed by atoms with Gasteiger partial charge in [-0.25, -0.2) is 9.07 Å². The summed E-state index contributed by atoms with van der Waals surface area (Å²) in [7, 11) is 0. The predicted octanol–water partition coefficient (Wildman–Crippen LogP) is 4.66. The molecule has 3 aromatic rings. The highest BCUT2D eigenvalue weighted by atomic mass is 19.1. The van der Waals surface area contributed by atoms with Gasteiger partial charge in [-0.3, -0.25) is 4.79 Å². The molecular weight excluding hydrogens is 305 g/mol. The van der Waals surface area contributed by atoms with E-state index in [1.807, 2.05) is 37.3 Å². The van der Waals surface area contributed by atoms with Crippen LogP contribution in [0.1, 0.15) is 29.5 Å². The first kappa shape index (κ1) is 15.9. The Hall–Kier alpha value is -2.95. The average molecular weight is 323 g/mol. The molecule has 0 spiro atoms. The molecule has 0 saturated heterocycles. The summed E-state index contributed by atoms with van der Waals surface area (Å²) < 4.78 is 14.8. The van der Waals surface area contributed by atoms with Crippen LogP contribution in [-0.2, 0) is 0 Å². The Balaban J connectivity index is 2.09. The second-order valence-corrected chi connectivity index (χ2v) is 5.46. The lowest BCUT2D eigenvalue weighted by atomic mass is 10.1. The number of nitrogens with zero attached hydrogens (tertiary/aromatic N) is 2. The number of anilines is 2. The number of benzene rings is 2. The van der Waals surface area contributed by atoms with Crippen LogP contribution in [-0.4, -0.2) is 15.6 Å². The molecule has 0 aliphatic heterocycles. The maximum atomic E-state index is 13.2. The van der Waals surface area contributed by atoms with E-state index >= 15 is 0 Å². The molecule has 0 unspecified atom stereocenters. The summed E-state index contributed by atoms with van der Waals surface area (Å²) in [5, 5.41) is 7.74. The Morgan fingerprint density at radius 1 is 1.12 bits per heavy atom. The van der Waals surface area contributed by atoms with Gasteiger partial charge in [0.15, 0.2) is 11.5 Å². The van der Waals surface area contributed by atoms with Crippen molar-refractivity contribution in [2.45, 2.75) is 20.3 Å². The molecule has 3 rings (SSSR count). The van der Waals surface area contributed by atoms with E-state index in [2.05, 4.69) is 10.4 Å². The molecule has 0 aliphatic rings. The van der Waals surface area contributed by atoms with Crippen molar-refractivity contribution in [2.24, 2.45) is 0 Å². The fourth-order valence-electron chi connectivity index (χ4n) is 2.51. The van der Waals surface area contributed by atoms with E-state index in [9.17, 15) is 9.18 Å². The topological polar surface area (TPSA) is 46.9 Å². The van der Waals surface area contributed by atoms with Crippen LogP contribution in [0.25, 0.3) is 5.69 Å². The van der Waals surface area contributed by atoms with Crippen molar-refractivity contribution in [3.05, 3.63) is 71.8 Å². The molecule has 5 heteroatoms. The molecule has 4 nitrogen and oxygen atoms in total. The van der Waals surface area contributed by atoms with Crippen molar-refractivity contribution in [1.29, 1.82) is 0 Å². The summed E-state index contributed by atoms with van der Waals surface area (Å²) in [6, 6.07) is 15.7. The quantitative estimate of drug-likeness (QED) is 0.695. The number of nitrogens with one attached hydrogen (secondary N) is 1. The summed E-state index contributed by atoms with van der Waals surface area (Å²) in [6.45, 7) is 3.69. The normalized spacial score (nSPS) is 10.6. The number of rotatable bonds is 5. The van der Waals surface area contributed by atoms with Crippen molar-refractivity contribution < 1.29 is 9.18 Å². The van der Waals surface area contributed by atoms with Gasteiger partial charge in [0, 0.05) is 12.1 Å². The Bertz CT molecular complexity index is 854. The second-order valence-electron chi connectivity index (χ2n) is 5.46. The Labute approximate surface area is 139 Å². The molecule has 2 aromatic carbocycles. The van der Waals surface area contributed by atoms with E-state index in [4.69, 9.17) is 0 Å². The number of hydrogen-bond donors (Lipinski definition) is 1. The van der Waals surface area contributed by atoms with Gasteiger partial charge in [0.05, 0.1) is 17.1 Å². The summed E-state index contributed by atoms with van der Waals surface area (Å²) >= 11 is 0.